The van der Waals surface area contributed by atoms with Crippen molar-refractivity contribution in [2.24, 2.45) is 0 Å². The highest BCUT2D eigenvalue weighted by Crippen LogP contribution is 2.47. The van der Waals surface area contributed by atoms with Gasteiger partial charge in [-0.25, -0.2) is 15.0 Å². The fourth-order valence-electron chi connectivity index (χ4n) is 8.75. The largest absolute Gasteiger partial charge is 0.454 e. The second-order valence-corrected chi connectivity index (χ2v) is 15.7. The highest BCUT2D eigenvalue weighted by atomic mass is 16.3. The lowest BCUT2D eigenvalue weighted by Gasteiger charge is -2.26. The first-order valence-electron chi connectivity index (χ1n) is 20.8. The van der Waals surface area contributed by atoms with Gasteiger partial charge in [0.05, 0.1) is 5.69 Å². The number of para-hydroxylation sites is 1. The van der Waals surface area contributed by atoms with Crippen LogP contribution in [0.4, 0.5) is 11.4 Å². The topological polar surface area (TPSA) is 55.1 Å². The Labute approximate surface area is 358 Å². The number of rotatable bonds is 7. The summed E-state index contributed by atoms with van der Waals surface area (Å²) >= 11 is 0. The summed E-state index contributed by atoms with van der Waals surface area (Å²) in [6.07, 6.45) is 4.33. The monoisotopic (exact) mass is 792 g/mol. The maximum atomic E-state index is 6.89. The van der Waals surface area contributed by atoms with Gasteiger partial charge >= 0.3 is 0 Å². The van der Waals surface area contributed by atoms with Gasteiger partial charge < -0.3 is 9.32 Å². The number of fused-ring (bicyclic) bond motifs is 4. The zero-order chi connectivity index (χ0) is 41.0. The Morgan fingerprint density at radius 1 is 0.371 bits per heavy atom. The van der Waals surface area contributed by atoms with Crippen LogP contribution in [0.2, 0.25) is 0 Å². The lowest BCUT2D eigenvalue weighted by Crippen LogP contribution is -2.12. The fourth-order valence-corrected chi connectivity index (χ4v) is 8.75. The molecule has 0 aliphatic carbocycles. The molecule has 11 aromatic rings. The van der Waals surface area contributed by atoms with Crippen molar-refractivity contribution < 1.29 is 4.42 Å². The first-order valence-corrected chi connectivity index (χ1v) is 20.8. The Bertz CT molecular complexity index is 3390. The Morgan fingerprint density at radius 3 is 1.52 bits per heavy atom. The summed E-state index contributed by atoms with van der Waals surface area (Å²) in [5, 5.41) is 4.54. The molecule has 0 amide bonds. The molecule has 0 atom stereocenters. The van der Waals surface area contributed by atoms with Gasteiger partial charge in [-0.1, -0.05) is 170 Å². The van der Waals surface area contributed by atoms with Crippen molar-refractivity contribution in [3.8, 4) is 67.5 Å². The molecule has 9 aromatic carbocycles. The van der Waals surface area contributed by atoms with Crippen molar-refractivity contribution in [3.63, 3.8) is 0 Å². The van der Waals surface area contributed by atoms with Gasteiger partial charge in [-0.3, -0.25) is 0 Å². The second kappa shape index (κ2) is 14.7. The standard InChI is InChI=1S/C57H36N4O/c1-4-12-37(13-5-1)39-22-26-42(27-23-39)55-58-56(43-28-24-40(25-29-43)38-14-6-2-7-15-38)60-57(59-55)47-19-11-17-44(34-47)45-30-31-49-50-35-46-18-10-16-41-32-33-61(48-20-8-3-9-21-48)53(52(41)46)54(50)62-51(49)36-45/h1-36H. The van der Waals surface area contributed by atoms with Gasteiger partial charge in [-0.05, 0) is 86.8 Å². The van der Waals surface area contributed by atoms with Gasteiger partial charge in [0.15, 0.2) is 23.1 Å². The third-order valence-electron chi connectivity index (χ3n) is 11.9. The van der Waals surface area contributed by atoms with Crippen LogP contribution in [0.5, 0.6) is 0 Å². The number of nitrogens with zero attached hydrogens (tertiary/aromatic N) is 4. The van der Waals surface area contributed by atoms with E-state index in [0.29, 0.717) is 17.5 Å². The van der Waals surface area contributed by atoms with Crippen LogP contribution in [0.15, 0.2) is 217 Å². The van der Waals surface area contributed by atoms with Crippen molar-refractivity contribution in [1.29, 1.82) is 0 Å². The molecule has 0 saturated heterocycles. The van der Waals surface area contributed by atoms with Crippen LogP contribution in [-0.2, 0) is 0 Å². The van der Waals surface area contributed by atoms with E-state index in [9.17, 15) is 0 Å². The zero-order valence-electron chi connectivity index (χ0n) is 33.5. The van der Waals surface area contributed by atoms with Gasteiger partial charge in [-0.15, -0.1) is 0 Å². The van der Waals surface area contributed by atoms with Gasteiger partial charge in [0.25, 0.3) is 0 Å². The first-order chi connectivity index (χ1) is 30.7. The summed E-state index contributed by atoms with van der Waals surface area (Å²) in [4.78, 5) is 17.6. The summed E-state index contributed by atoms with van der Waals surface area (Å²) in [5.41, 5.74) is 14.4. The van der Waals surface area contributed by atoms with E-state index in [1.165, 1.54) is 16.3 Å². The Kier molecular flexibility index (Phi) is 8.42. The first kappa shape index (κ1) is 35.5. The average molecular weight is 793 g/mol. The van der Waals surface area contributed by atoms with Crippen LogP contribution >= 0.6 is 0 Å². The Balaban J connectivity index is 0.955. The van der Waals surface area contributed by atoms with Crippen LogP contribution in [-0.4, -0.2) is 15.0 Å². The predicted octanol–water partition coefficient (Wildman–Crippen LogP) is 15.0. The molecule has 3 heterocycles. The van der Waals surface area contributed by atoms with Gasteiger partial charge in [0, 0.05) is 44.7 Å². The number of furan rings is 1. The molecule has 0 saturated carbocycles. The van der Waals surface area contributed by atoms with E-state index in [0.717, 1.165) is 83.4 Å². The van der Waals surface area contributed by atoms with Gasteiger partial charge in [-0.2, -0.15) is 0 Å². The van der Waals surface area contributed by atoms with Crippen molar-refractivity contribution in [3.05, 3.63) is 218 Å². The summed E-state index contributed by atoms with van der Waals surface area (Å²) in [7, 11) is 0. The SMILES string of the molecule is C1=CN(c2ccccc2)c2c3oc4cc(-c5cccc(-c6nc(-c7ccc(-c8ccccc8)cc7)nc(-c7ccc(-c8ccccc8)cc7)n6)c5)ccc4c3cc3cccc1c23. The van der Waals surface area contributed by atoms with E-state index >= 15 is 0 Å². The number of hydrogen-bond donors (Lipinski definition) is 0. The number of benzene rings is 9. The molecule has 12 rings (SSSR count). The Morgan fingerprint density at radius 2 is 0.871 bits per heavy atom. The summed E-state index contributed by atoms with van der Waals surface area (Å²) in [5.74, 6) is 1.83. The molecule has 0 radical (unpaired) electrons. The molecular weight excluding hydrogens is 757 g/mol. The second-order valence-electron chi connectivity index (χ2n) is 15.7. The summed E-state index contributed by atoms with van der Waals surface area (Å²) < 4.78 is 6.89. The maximum Gasteiger partial charge on any atom is 0.164 e. The molecular formula is C57H36N4O. The van der Waals surface area contributed by atoms with Crippen LogP contribution in [0.25, 0.3) is 106 Å². The van der Waals surface area contributed by atoms with Crippen LogP contribution in [0, 0.1) is 0 Å². The summed E-state index contributed by atoms with van der Waals surface area (Å²) in [6, 6.07) is 71.9. The molecule has 0 unspecified atom stereocenters. The van der Waals surface area contributed by atoms with Crippen molar-refractivity contribution in [2.45, 2.75) is 0 Å². The third-order valence-corrected chi connectivity index (χ3v) is 11.9. The van der Waals surface area contributed by atoms with Crippen molar-refractivity contribution in [2.75, 3.05) is 4.90 Å². The van der Waals surface area contributed by atoms with E-state index in [4.69, 9.17) is 19.4 Å². The smallest absolute Gasteiger partial charge is 0.164 e. The van der Waals surface area contributed by atoms with Gasteiger partial charge in [0.1, 0.15) is 5.58 Å². The minimum atomic E-state index is 0.603. The zero-order valence-corrected chi connectivity index (χ0v) is 33.5. The van der Waals surface area contributed by atoms with E-state index in [-0.39, 0.29) is 0 Å². The quantitative estimate of drug-likeness (QED) is 0.161. The van der Waals surface area contributed by atoms with Gasteiger partial charge in [0.2, 0.25) is 0 Å². The molecule has 62 heavy (non-hydrogen) atoms. The number of anilines is 2. The molecule has 0 N–H and O–H groups in total. The molecule has 1 aliphatic rings. The molecule has 5 heteroatoms. The lowest BCUT2D eigenvalue weighted by atomic mass is 9.96. The molecule has 0 bridgehead atoms. The predicted molar refractivity (Wildman–Crippen MR) is 255 cm³/mol. The van der Waals surface area contributed by atoms with E-state index in [1.54, 1.807) is 0 Å². The lowest BCUT2D eigenvalue weighted by molar-refractivity contribution is 0.669. The average Bonchev–Trinajstić information content (AvgIpc) is 3.73. The van der Waals surface area contributed by atoms with E-state index in [2.05, 4.69) is 205 Å². The van der Waals surface area contributed by atoms with Crippen molar-refractivity contribution >= 4 is 50.2 Å². The third kappa shape index (κ3) is 6.23. The maximum absolute atomic E-state index is 6.89. The number of hydrogen-bond acceptors (Lipinski definition) is 5. The molecule has 290 valence electrons. The highest BCUT2D eigenvalue weighted by Gasteiger charge is 2.24. The van der Waals surface area contributed by atoms with E-state index < -0.39 is 0 Å². The molecule has 2 aromatic heterocycles. The normalized spacial score (nSPS) is 12.1. The molecule has 0 fully saturated rings. The Hall–Kier alpha value is -8.41. The summed E-state index contributed by atoms with van der Waals surface area (Å²) in [6.45, 7) is 0. The van der Waals surface area contributed by atoms with Crippen LogP contribution < -0.4 is 4.90 Å². The number of aromatic nitrogens is 3. The fraction of sp³-hybridized carbons (Fsp3) is 0. The van der Waals surface area contributed by atoms with Crippen LogP contribution in [0.1, 0.15) is 5.56 Å². The highest BCUT2D eigenvalue weighted by molar-refractivity contribution is 6.21. The van der Waals surface area contributed by atoms with Crippen molar-refractivity contribution in [1.82, 2.24) is 15.0 Å². The minimum absolute atomic E-state index is 0.603. The molecule has 0 spiro atoms. The van der Waals surface area contributed by atoms with Crippen LogP contribution in [0.3, 0.4) is 0 Å². The van der Waals surface area contributed by atoms with E-state index in [1.807, 2.05) is 18.2 Å². The minimum Gasteiger partial charge on any atom is -0.454 e. The molecule has 5 nitrogen and oxygen atoms in total. The molecule has 1 aliphatic heterocycles.